The number of carbonyl (C=O) groups excluding carboxylic acids is 1. The number of aryl methyl sites for hydroxylation is 1. The number of amides is 1. The molecule has 0 saturated carbocycles. The van der Waals surface area contributed by atoms with Crippen molar-refractivity contribution in [3.8, 4) is 0 Å². The SMILES string of the molecule is Cc1ccccc1CN1CCCC(C(=O)NCCSCc2ccccc2Cl)C1. The fourth-order valence-corrected chi connectivity index (χ4v) is 4.77. The van der Waals surface area contributed by atoms with Crippen LogP contribution in [0.25, 0.3) is 0 Å². The molecule has 2 aromatic rings. The Morgan fingerprint density at radius 3 is 2.71 bits per heavy atom. The second kappa shape index (κ2) is 10.9. The maximum Gasteiger partial charge on any atom is 0.224 e. The van der Waals surface area contributed by atoms with Gasteiger partial charge in [0.25, 0.3) is 0 Å². The summed E-state index contributed by atoms with van der Waals surface area (Å²) in [6.07, 6.45) is 2.08. The van der Waals surface area contributed by atoms with E-state index in [-0.39, 0.29) is 11.8 Å². The minimum atomic E-state index is 0.103. The quantitative estimate of drug-likeness (QED) is 0.620. The van der Waals surface area contributed by atoms with Crippen LogP contribution in [-0.2, 0) is 17.1 Å². The minimum Gasteiger partial charge on any atom is -0.355 e. The molecule has 0 radical (unpaired) electrons. The van der Waals surface area contributed by atoms with E-state index in [0.717, 1.165) is 54.6 Å². The van der Waals surface area contributed by atoms with Crippen molar-refractivity contribution in [1.29, 1.82) is 0 Å². The molecule has 1 heterocycles. The summed E-state index contributed by atoms with van der Waals surface area (Å²) >= 11 is 7.99. The molecule has 1 N–H and O–H groups in total. The van der Waals surface area contributed by atoms with Gasteiger partial charge in [-0.1, -0.05) is 54.1 Å². The number of hydrogen-bond donors (Lipinski definition) is 1. The minimum absolute atomic E-state index is 0.103. The van der Waals surface area contributed by atoms with E-state index in [0.29, 0.717) is 6.54 Å². The summed E-state index contributed by atoms with van der Waals surface area (Å²) in [6, 6.07) is 16.5. The van der Waals surface area contributed by atoms with Gasteiger partial charge in [-0.25, -0.2) is 0 Å². The standard InChI is InChI=1S/C23H29ClN2OS/c1-18-7-2-3-8-19(18)15-26-13-6-10-20(16-26)23(27)25-12-14-28-17-21-9-4-5-11-22(21)24/h2-5,7-9,11,20H,6,10,12-17H2,1H3,(H,25,27). The van der Waals surface area contributed by atoms with Crippen molar-refractivity contribution in [3.63, 3.8) is 0 Å². The van der Waals surface area contributed by atoms with Gasteiger partial charge in [-0.2, -0.15) is 11.8 Å². The third-order valence-electron chi connectivity index (χ3n) is 5.29. The van der Waals surface area contributed by atoms with Crippen molar-refractivity contribution < 1.29 is 4.79 Å². The number of nitrogens with zero attached hydrogens (tertiary/aromatic N) is 1. The van der Waals surface area contributed by atoms with Crippen LogP contribution in [0, 0.1) is 12.8 Å². The van der Waals surface area contributed by atoms with E-state index < -0.39 is 0 Å². The van der Waals surface area contributed by atoms with E-state index in [9.17, 15) is 4.79 Å². The first-order valence-corrected chi connectivity index (χ1v) is 11.5. The maximum absolute atomic E-state index is 12.6. The molecule has 3 rings (SSSR count). The molecule has 150 valence electrons. The first kappa shape index (κ1) is 21.2. The van der Waals surface area contributed by atoms with Gasteiger partial charge in [0, 0.05) is 36.2 Å². The van der Waals surface area contributed by atoms with Crippen molar-refractivity contribution in [3.05, 3.63) is 70.2 Å². The molecular formula is C23H29ClN2OS. The third-order valence-corrected chi connectivity index (χ3v) is 6.67. The summed E-state index contributed by atoms with van der Waals surface area (Å²) in [5.74, 6) is 2.08. The molecule has 0 spiro atoms. The molecule has 0 aliphatic carbocycles. The van der Waals surface area contributed by atoms with Crippen molar-refractivity contribution in [1.82, 2.24) is 10.2 Å². The van der Waals surface area contributed by atoms with Crippen LogP contribution in [0.4, 0.5) is 0 Å². The average molecular weight is 417 g/mol. The van der Waals surface area contributed by atoms with Crippen molar-refractivity contribution in [2.45, 2.75) is 32.1 Å². The van der Waals surface area contributed by atoms with Gasteiger partial charge in [0.2, 0.25) is 5.91 Å². The zero-order valence-electron chi connectivity index (χ0n) is 16.5. The van der Waals surface area contributed by atoms with Crippen molar-refractivity contribution >= 4 is 29.3 Å². The van der Waals surface area contributed by atoms with Gasteiger partial charge in [-0.3, -0.25) is 9.69 Å². The number of halogens is 1. The number of benzene rings is 2. The van der Waals surface area contributed by atoms with Gasteiger partial charge in [-0.15, -0.1) is 0 Å². The molecule has 0 bridgehead atoms. The predicted molar refractivity (Wildman–Crippen MR) is 120 cm³/mol. The largest absolute Gasteiger partial charge is 0.355 e. The molecule has 5 heteroatoms. The molecule has 1 aliphatic heterocycles. The van der Waals surface area contributed by atoms with Gasteiger partial charge >= 0.3 is 0 Å². The van der Waals surface area contributed by atoms with E-state index >= 15 is 0 Å². The molecule has 1 aliphatic rings. The Labute approximate surface area is 177 Å². The number of likely N-dealkylation sites (tertiary alicyclic amines) is 1. The van der Waals surface area contributed by atoms with Crippen LogP contribution in [0.5, 0.6) is 0 Å². The lowest BCUT2D eigenvalue weighted by molar-refractivity contribution is -0.126. The Morgan fingerprint density at radius 1 is 1.18 bits per heavy atom. The first-order chi connectivity index (χ1) is 13.6. The van der Waals surface area contributed by atoms with Gasteiger partial charge in [0.05, 0.1) is 5.92 Å². The number of hydrogen-bond acceptors (Lipinski definition) is 3. The lowest BCUT2D eigenvalue weighted by Gasteiger charge is -2.32. The lowest BCUT2D eigenvalue weighted by atomic mass is 9.96. The van der Waals surface area contributed by atoms with Crippen LogP contribution in [0.15, 0.2) is 48.5 Å². The van der Waals surface area contributed by atoms with Gasteiger partial charge in [-0.05, 0) is 49.1 Å². The Hall–Kier alpha value is -1.49. The first-order valence-electron chi connectivity index (χ1n) is 9.99. The highest BCUT2D eigenvalue weighted by atomic mass is 35.5. The van der Waals surface area contributed by atoms with Crippen LogP contribution < -0.4 is 5.32 Å². The normalized spacial score (nSPS) is 17.4. The van der Waals surface area contributed by atoms with Crippen LogP contribution in [0.1, 0.15) is 29.5 Å². The summed E-state index contributed by atoms with van der Waals surface area (Å²) in [5.41, 5.74) is 3.84. The summed E-state index contributed by atoms with van der Waals surface area (Å²) in [7, 11) is 0. The molecule has 28 heavy (non-hydrogen) atoms. The zero-order valence-corrected chi connectivity index (χ0v) is 18.1. The highest BCUT2D eigenvalue weighted by Crippen LogP contribution is 2.21. The predicted octanol–water partition coefficient (Wildman–Crippen LogP) is 4.91. The number of piperidine rings is 1. The van der Waals surface area contributed by atoms with Gasteiger partial charge < -0.3 is 5.32 Å². The van der Waals surface area contributed by atoms with E-state index in [1.165, 1.54) is 11.1 Å². The maximum atomic E-state index is 12.6. The monoisotopic (exact) mass is 416 g/mol. The summed E-state index contributed by atoms with van der Waals surface area (Å²) in [5, 5.41) is 3.94. The number of thioether (sulfide) groups is 1. The Bertz CT molecular complexity index is 783. The van der Waals surface area contributed by atoms with E-state index in [1.54, 1.807) is 11.8 Å². The van der Waals surface area contributed by atoms with Crippen molar-refractivity contribution in [2.75, 3.05) is 25.4 Å². The molecule has 1 fully saturated rings. The number of nitrogens with one attached hydrogen (secondary N) is 1. The molecule has 1 amide bonds. The Balaban J connectivity index is 1.38. The summed E-state index contributed by atoms with van der Waals surface area (Å²) in [6.45, 7) is 5.73. The summed E-state index contributed by atoms with van der Waals surface area (Å²) < 4.78 is 0. The topological polar surface area (TPSA) is 32.3 Å². The van der Waals surface area contributed by atoms with E-state index in [4.69, 9.17) is 11.6 Å². The highest BCUT2D eigenvalue weighted by Gasteiger charge is 2.25. The Kier molecular flexibility index (Phi) is 8.26. The van der Waals surface area contributed by atoms with Crippen LogP contribution in [0.2, 0.25) is 5.02 Å². The fourth-order valence-electron chi connectivity index (χ4n) is 3.63. The van der Waals surface area contributed by atoms with Crippen LogP contribution >= 0.6 is 23.4 Å². The fraction of sp³-hybridized carbons (Fsp3) is 0.435. The second-order valence-corrected chi connectivity index (χ2v) is 8.95. The average Bonchev–Trinajstić information content (AvgIpc) is 2.71. The number of carbonyl (C=O) groups is 1. The smallest absolute Gasteiger partial charge is 0.224 e. The number of rotatable bonds is 8. The van der Waals surface area contributed by atoms with Gasteiger partial charge in [0.1, 0.15) is 0 Å². The molecule has 1 unspecified atom stereocenters. The summed E-state index contributed by atoms with van der Waals surface area (Å²) in [4.78, 5) is 15.0. The molecule has 1 atom stereocenters. The third kappa shape index (κ3) is 6.26. The molecule has 0 aromatic heterocycles. The van der Waals surface area contributed by atoms with E-state index in [1.807, 2.05) is 18.2 Å². The second-order valence-electron chi connectivity index (χ2n) is 7.44. The Morgan fingerprint density at radius 2 is 1.93 bits per heavy atom. The molecular weight excluding hydrogens is 388 g/mol. The van der Waals surface area contributed by atoms with E-state index in [2.05, 4.69) is 47.5 Å². The molecule has 3 nitrogen and oxygen atoms in total. The lowest BCUT2D eigenvalue weighted by Crippen LogP contribution is -2.43. The highest BCUT2D eigenvalue weighted by molar-refractivity contribution is 7.98. The molecule has 1 saturated heterocycles. The van der Waals surface area contributed by atoms with Crippen LogP contribution in [-0.4, -0.2) is 36.2 Å². The van der Waals surface area contributed by atoms with Crippen molar-refractivity contribution in [2.24, 2.45) is 5.92 Å². The van der Waals surface area contributed by atoms with Crippen LogP contribution in [0.3, 0.4) is 0 Å². The zero-order chi connectivity index (χ0) is 19.8. The van der Waals surface area contributed by atoms with Gasteiger partial charge in [0.15, 0.2) is 0 Å². The molecule has 2 aromatic carbocycles.